The quantitative estimate of drug-likeness (QED) is 0.475. The molecule has 1 atom stereocenters. The highest BCUT2D eigenvalue weighted by atomic mass is 16.5. The number of ether oxygens (including phenoxy) is 1. The van der Waals surface area contributed by atoms with E-state index in [2.05, 4.69) is 24.0 Å². The van der Waals surface area contributed by atoms with E-state index in [0.717, 1.165) is 61.3 Å². The fraction of sp³-hybridized carbons (Fsp3) is 0.562. The van der Waals surface area contributed by atoms with Crippen molar-refractivity contribution in [3.8, 4) is 5.75 Å². The Kier molecular flexibility index (Phi) is 9.41. The summed E-state index contributed by atoms with van der Waals surface area (Å²) in [7, 11) is 1.86. The summed E-state index contributed by atoms with van der Waals surface area (Å²) >= 11 is 0. The number of carbonyl (C=O) groups is 2. The van der Waals surface area contributed by atoms with Gasteiger partial charge in [-0.1, -0.05) is 18.2 Å². The van der Waals surface area contributed by atoms with Crippen LogP contribution in [0.2, 0.25) is 0 Å². The molecule has 2 aliphatic rings. The molecule has 0 unspecified atom stereocenters. The first kappa shape index (κ1) is 29.9. The Morgan fingerprint density at radius 1 is 1.07 bits per heavy atom. The molecule has 0 bridgehead atoms. The van der Waals surface area contributed by atoms with Crippen LogP contribution in [0, 0.1) is 12.8 Å². The highest BCUT2D eigenvalue weighted by molar-refractivity contribution is 5.94. The maximum absolute atomic E-state index is 13.4. The van der Waals surface area contributed by atoms with Gasteiger partial charge in [-0.2, -0.15) is 0 Å². The molecule has 8 nitrogen and oxygen atoms in total. The number of benzene rings is 2. The van der Waals surface area contributed by atoms with Gasteiger partial charge >= 0.3 is 6.09 Å². The molecule has 1 saturated heterocycles. The van der Waals surface area contributed by atoms with E-state index in [0.29, 0.717) is 19.5 Å². The van der Waals surface area contributed by atoms with Gasteiger partial charge in [0.05, 0.1) is 11.7 Å². The van der Waals surface area contributed by atoms with Crippen molar-refractivity contribution in [3.05, 3.63) is 59.2 Å². The van der Waals surface area contributed by atoms with Gasteiger partial charge in [-0.25, -0.2) is 4.79 Å². The van der Waals surface area contributed by atoms with Crippen molar-refractivity contribution in [2.75, 3.05) is 31.6 Å². The molecule has 1 saturated carbocycles. The van der Waals surface area contributed by atoms with Gasteiger partial charge in [-0.15, -0.1) is 0 Å². The number of piperazine rings is 1. The topological polar surface area (TPSA) is 93.6 Å². The number of carboxylic acid groups (broad SMARTS) is 1. The summed E-state index contributed by atoms with van der Waals surface area (Å²) in [4.78, 5) is 30.3. The predicted octanol–water partition coefficient (Wildman–Crippen LogP) is 5.09. The molecule has 2 aromatic rings. The molecule has 2 aromatic carbocycles. The van der Waals surface area contributed by atoms with Crippen LogP contribution in [-0.2, 0) is 17.8 Å². The van der Waals surface area contributed by atoms with Gasteiger partial charge in [0.15, 0.2) is 0 Å². The first-order chi connectivity index (χ1) is 18.9. The van der Waals surface area contributed by atoms with Gasteiger partial charge < -0.3 is 24.7 Å². The lowest BCUT2D eigenvalue weighted by atomic mass is 9.86. The molecule has 1 aliphatic heterocycles. The third-order valence-corrected chi connectivity index (χ3v) is 8.26. The molecule has 8 heteroatoms. The number of anilines is 1. The molecule has 4 rings (SSSR count). The van der Waals surface area contributed by atoms with Crippen LogP contribution < -0.4 is 9.64 Å². The number of hydrogen-bond donors (Lipinski definition) is 2. The van der Waals surface area contributed by atoms with E-state index >= 15 is 0 Å². The molecule has 0 radical (unpaired) electrons. The SMILES string of the molecule is Cc1cc(N(C)C(=O)[C@H]2CC[C@H](Oc3cccc(CC(C)(C)O)c3)CC2)ccc1CN1CCN(C(=O)O)[C@@H](C)C1. The van der Waals surface area contributed by atoms with Gasteiger partial charge in [0, 0.05) is 57.3 Å². The Hall–Kier alpha value is -3.10. The standard InChI is InChI=1S/C32H45N3O5/c1-22-17-27(12-9-26(22)21-34-15-16-35(31(37)38)23(2)20-34)33(5)30(36)25-10-13-28(14-11-25)40-29-8-6-7-24(18-29)19-32(3,4)39/h6-9,12,17-18,23,25,28,39H,10-11,13-16,19-21H2,1-5H3,(H,37,38)/t23-,25-,28-/m0/s1. The van der Waals surface area contributed by atoms with Crippen molar-refractivity contribution < 1.29 is 24.5 Å². The number of aryl methyl sites for hydroxylation is 1. The maximum atomic E-state index is 13.4. The van der Waals surface area contributed by atoms with Crippen molar-refractivity contribution in [2.24, 2.45) is 5.92 Å². The number of amides is 2. The Morgan fingerprint density at radius 2 is 1.80 bits per heavy atom. The van der Waals surface area contributed by atoms with Crippen LogP contribution in [0.4, 0.5) is 10.5 Å². The van der Waals surface area contributed by atoms with Crippen molar-refractivity contribution in [3.63, 3.8) is 0 Å². The normalized spacial score (nSPS) is 22.1. The van der Waals surface area contributed by atoms with E-state index in [1.807, 2.05) is 44.3 Å². The van der Waals surface area contributed by atoms with Crippen molar-refractivity contribution in [2.45, 2.75) is 84.1 Å². The van der Waals surface area contributed by atoms with Crippen LogP contribution in [0.1, 0.15) is 63.1 Å². The minimum Gasteiger partial charge on any atom is -0.490 e. The zero-order valence-electron chi connectivity index (χ0n) is 24.6. The number of aliphatic hydroxyl groups is 1. The zero-order chi connectivity index (χ0) is 29.0. The summed E-state index contributed by atoms with van der Waals surface area (Å²) in [6, 6.07) is 14.1. The summed E-state index contributed by atoms with van der Waals surface area (Å²) < 4.78 is 6.26. The lowest BCUT2D eigenvalue weighted by Gasteiger charge is -2.38. The Bertz CT molecular complexity index is 1190. The molecule has 1 heterocycles. The maximum Gasteiger partial charge on any atom is 0.407 e. The highest BCUT2D eigenvalue weighted by Crippen LogP contribution is 2.31. The first-order valence-corrected chi connectivity index (χ1v) is 14.5. The van der Waals surface area contributed by atoms with Crippen LogP contribution in [0.15, 0.2) is 42.5 Å². The molecular weight excluding hydrogens is 506 g/mol. The van der Waals surface area contributed by atoms with Crippen LogP contribution in [0.3, 0.4) is 0 Å². The van der Waals surface area contributed by atoms with Gasteiger partial charge in [0.2, 0.25) is 5.91 Å². The molecule has 2 N–H and O–H groups in total. The first-order valence-electron chi connectivity index (χ1n) is 14.5. The summed E-state index contributed by atoms with van der Waals surface area (Å²) in [5, 5.41) is 19.4. The number of nitrogens with zero attached hydrogens (tertiary/aromatic N) is 3. The fourth-order valence-corrected chi connectivity index (χ4v) is 6.02. The van der Waals surface area contributed by atoms with Crippen molar-refractivity contribution in [1.29, 1.82) is 0 Å². The largest absolute Gasteiger partial charge is 0.490 e. The minimum atomic E-state index is -0.852. The van der Waals surface area contributed by atoms with E-state index in [-0.39, 0.29) is 24.0 Å². The molecule has 1 aliphatic carbocycles. The fourth-order valence-electron chi connectivity index (χ4n) is 6.02. The van der Waals surface area contributed by atoms with E-state index < -0.39 is 11.7 Å². The van der Waals surface area contributed by atoms with Crippen LogP contribution >= 0.6 is 0 Å². The summed E-state index contributed by atoms with van der Waals surface area (Å²) in [5.74, 6) is 0.956. The average Bonchev–Trinajstić information content (AvgIpc) is 2.88. The van der Waals surface area contributed by atoms with E-state index in [4.69, 9.17) is 4.74 Å². The second-order valence-electron chi connectivity index (χ2n) is 12.3. The van der Waals surface area contributed by atoms with Gasteiger partial charge in [-0.3, -0.25) is 9.69 Å². The summed E-state index contributed by atoms with van der Waals surface area (Å²) in [5.41, 5.74) is 3.52. The van der Waals surface area contributed by atoms with E-state index in [1.165, 1.54) is 10.5 Å². The molecular formula is C32H45N3O5. The number of carbonyl (C=O) groups excluding carboxylic acids is 1. The molecule has 0 spiro atoms. The lowest BCUT2D eigenvalue weighted by Crippen LogP contribution is -2.53. The number of rotatable bonds is 8. The zero-order valence-corrected chi connectivity index (χ0v) is 24.6. The van der Waals surface area contributed by atoms with Crippen LogP contribution in [0.25, 0.3) is 0 Å². The Balaban J connectivity index is 1.28. The van der Waals surface area contributed by atoms with Crippen molar-refractivity contribution >= 4 is 17.7 Å². The predicted molar refractivity (Wildman–Crippen MR) is 157 cm³/mol. The summed E-state index contributed by atoms with van der Waals surface area (Å²) in [6.45, 7) is 10.4. The van der Waals surface area contributed by atoms with Crippen molar-refractivity contribution in [1.82, 2.24) is 9.80 Å². The lowest BCUT2D eigenvalue weighted by molar-refractivity contribution is -0.123. The summed E-state index contributed by atoms with van der Waals surface area (Å²) in [6.07, 6.45) is 3.09. The van der Waals surface area contributed by atoms with Gasteiger partial charge in [-0.05, 0) is 94.3 Å². The third kappa shape index (κ3) is 7.76. The average molecular weight is 552 g/mol. The number of hydrogen-bond acceptors (Lipinski definition) is 5. The smallest absolute Gasteiger partial charge is 0.407 e. The Labute approximate surface area is 238 Å². The minimum absolute atomic E-state index is 0.0154. The molecule has 40 heavy (non-hydrogen) atoms. The third-order valence-electron chi connectivity index (χ3n) is 8.26. The molecule has 2 amide bonds. The van der Waals surface area contributed by atoms with Crippen LogP contribution in [-0.4, -0.2) is 76.4 Å². The Morgan fingerprint density at radius 3 is 2.42 bits per heavy atom. The molecule has 2 fully saturated rings. The van der Waals surface area contributed by atoms with Gasteiger partial charge in [0.25, 0.3) is 0 Å². The molecule has 218 valence electrons. The molecule has 0 aromatic heterocycles. The van der Waals surface area contributed by atoms with Gasteiger partial charge in [0.1, 0.15) is 5.75 Å². The second kappa shape index (κ2) is 12.6. The van der Waals surface area contributed by atoms with E-state index in [1.54, 1.807) is 18.7 Å². The monoisotopic (exact) mass is 551 g/mol. The highest BCUT2D eigenvalue weighted by Gasteiger charge is 2.30. The second-order valence-corrected chi connectivity index (χ2v) is 12.3. The van der Waals surface area contributed by atoms with Crippen LogP contribution in [0.5, 0.6) is 5.75 Å². The van der Waals surface area contributed by atoms with E-state index in [9.17, 15) is 19.8 Å².